The van der Waals surface area contributed by atoms with Gasteiger partial charge in [-0.2, -0.15) is 0 Å². The smallest absolute Gasteiger partial charge is 0.129 e. The third kappa shape index (κ3) is 3.78. The van der Waals surface area contributed by atoms with Gasteiger partial charge in [0.05, 0.1) is 5.38 Å². The Balaban J connectivity index is 2.92. The van der Waals surface area contributed by atoms with Crippen LogP contribution in [0.1, 0.15) is 50.2 Å². The first kappa shape index (κ1) is 12.4. The van der Waals surface area contributed by atoms with E-state index >= 15 is 0 Å². The lowest BCUT2D eigenvalue weighted by atomic mass is 9.92. The molecule has 0 saturated heterocycles. The summed E-state index contributed by atoms with van der Waals surface area (Å²) in [7, 11) is 0. The number of hydrogen-bond donors (Lipinski definition) is 0. The highest BCUT2D eigenvalue weighted by molar-refractivity contribution is 6.20. The fourth-order valence-corrected chi connectivity index (χ4v) is 1.69. The van der Waals surface area contributed by atoms with Crippen LogP contribution >= 0.6 is 11.6 Å². The average molecular weight is 227 g/mol. The number of aromatic nitrogens is 2. The second-order valence-electron chi connectivity index (χ2n) is 5.18. The van der Waals surface area contributed by atoms with E-state index in [1.807, 2.05) is 20.0 Å². The minimum atomic E-state index is -0.0197. The Hall–Kier alpha value is -0.630. The lowest BCUT2D eigenvalue weighted by Gasteiger charge is -2.17. The summed E-state index contributed by atoms with van der Waals surface area (Å²) in [5, 5.41) is -0.0197. The van der Waals surface area contributed by atoms with Gasteiger partial charge >= 0.3 is 0 Å². The molecular weight excluding hydrogens is 208 g/mol. The second-order valence-corrected chi connectivity index (χ2v) is 5.84. The number of hydrogen-bond acceptors (Lipinski definition) is 2. The number of halogens is 1. The maximum atomic E-state index is 6.01. The van der Waals surface area contributed by atoms with Gasteiger partial charge < -0.3 is 0 Å². The molecule has 1 atom stereocenters. The molecule has 84 valence electrons. The molecule has 0 aromatic carbocycles. The molecule has 0 aliphatic rings. The Labute approximate surface area is 97.1 Å². The van der Waals surface area contributed by atoms with E-state index in [9.17, 15) is 0 Å². The molecule has 0 aliphatic carbocycles. The van der Waals surface area contributed by atoms with Crippen LogP contribution in [0.3, 0.4) is 0 Å². The quantitative estimate of drug-likeness (QED) is 0.720. The SMILES string of the molecule is Cc1nc(CC(C)(C)C)ncc1C(C)Cl. The zero-order valence-electron chi connectivity index (χ0n) is 10.1. The van der Waals surface area contributed by atoms with E-state index < -0.39 is 0 Å². The number of nitrogens with zero attached hydrogens (tertiary/aromatic N) is 2. The van der Waals surface area contributed by atoms with Gasteiger partial charge in [0.1, 0.15) is 5.82 Å². The summed E-state index contributed by atoms with van der Waals surface area (Å²) in [6.07, 6.45) is 2.74. The van der Waals surface area contributed by atoms with E-state index in [2.05, 4.69) is 30.7 Å². The van der Waals surface area contributed by atoms with Crippen molar-refractivity contribution >= 4 is 11.6 Å². The Kier molecular flexibility index (Phi) is 3.72. The number of aryl methyl sites for hydroxylation is 1. The van der Waals surface area contributed by atoms with Crippen molar-refractivity contribution < 1.29 is 0 Å². The van der Waals surface area contributed by atoms with Crippen molar-refractivity contribution in [2.45, 2.75) is 46.4 Å². The number of rotatable bonds is 2. The van der Waals surface area contributed by atoms with Gasteiger partial charge in [-0.3, -0.25) is 0 Å². The van der Waals surface area contributed by atoms with E-state index in [1.54, 1.807) is 0 Å². The lowest BCUT2D eigenvalue weighted by Crippen LogP contribution is -2.13. The van der Waals surface area contributed by atoms with Crippen LogP contribution in [0.25, 0.3) is 0 Å². The maximum absolute atomic E-state index is 6.01. The van der Waals surface area contributed by atoms with Crippen LogP contribution in [0.15, 0.2) is 6.20 Å². The molecule has 1 aromatic heterocycles. The third-order valence-corrected chi connectivity index (χ3v) is 2.42. The van der Waals surface area contributed by atoms with Crippen LogP contribution in [-0.2, 0) is 6.42 Å². The summed E-state index contributed by atoms with van der Waals surface area (Å²) in [5.41, 5.74) is 2.24. The van der Waals surface area contributed by atoms with Crippen molar-refractivity contribution in [3.8, 4) is 0 Å². The van der Waals surface area contributed by atoms with Gasteiger partial charge in [-0.1, -0.05) is 20.8 Å². The van der Waals surface area contributed by atoms with Gasteiger partial charge in [-0.05, 0) is 19.3 Å². The van der Waals surface area contributed by atoms with Crippen LogP contribution < -0.4 is 0 Å². The summed E-state index contributed by atoms with van der Waals surface area (Å²) in [4.78, 5) is 8.83. The lowest BCUT2D eigenvalue weighted by molar-refractivity contribution is 0.400. The first-order valence-corrected chi connectivity index (χ1v) is 5.70. The van der Waals surface area contributed by atoms with Crippen LogP contribution in [0.5, 0.6) is 0 Å². The average Bonchev–Trinajstić information content (AvgIpc) is 1.99. The topological polar surface area (TPSA) is 25.8 Å². The Morgan fingerprint density at radius 1 is 1.40 bits per heavy atom. The van der Waals surface area contributed by atoms with E-state index in [0.29, 0.717) is 0 Å². The van der Waals surface area contributed by atoms with Gasteiger partial charge in [0, 0.05) is 23.9 Å². The van der Waals surface area contributed by atoms with Crippen LogP contribution in [0.4, 0.5) is 0 Å². The van der Waals surface area contributed by atoms with E-state index in [0.717, 1.165) is 23.5 Å². The second kappa shape index (κ2) is 4.48. The molecule has 0 aliphatic heterocycles. The first-order valence-electron chi connectivity index (χ1n) is 5.26. The minimum Gasteiger partial charge on any atom is -0.241 e. The Morgan fingerprint density at radius 3 is 2.40 bits per heavy atom. The van der Waals surface area contributed by atoms with Crippen LogP contribution in [0, 0.1) is 12.3 Å². The Morgan fingerprint density at radius 2 is 2.00 bits per heavy atom. The highest BCUT2D eigenvalue weighted by atomic mass is 35.5. The van der Waals surface area contributed by atoms with Gasteiger partial charge in [0.2, 0.25) is 0 Å². The summed E-state index contributed by atoms with van der Waals surface area (Å²) in [6, 6.07) is 0. The highest BCUT2D eigenvalue weighted by Gasteiger charge is 2.15. The van der Waals surface area contributed by atoms with Crippen molar-refractivity contribution in [1.82, 2.24) is 9.97 Å². The maximum Gasteiger partial charge on any atom is 0.129 e. The predicted molar refractivity (Wildman–Crippen MR) is 64.2 cm³/mol. The molecule has 0 radical (unpaired) electrons. The van der Waals surface area contributed by atoms with Crippen LogP contribution in [-0.4, -0.2) is 9.97 Å². The minimum absolute atomic E-state index is 0.0197. The molecule has 0 amide bonds. The molecule has 1 unspecified atom stereocenters. The molecule has 1 aromatic rings. The van der Waals surface area contributed by atoms with E-state index in [-0.39, 0.29) is 10.8 Å². The molecule has 1 heterocycles. The first-order chi connectivity index (χ1) is 6.79. The summed E-state index contributed by atoms with van der Waals surface area (Å²) < 4.78 is 0. The third-order valence-electron chi connectivity index (χ3n) is 2.18. The summed E-state index contributed by atoms with van der Waals surface area (Å²) >= 11 is 6.01. The molecule has 0 fully saturated rings. The van der Waals surface area contributed by atoms with Crippen LogP contribution in [0.2, 0.25) is 0 Å². The highest BCUT2D eigenvalue weighted by Crippen LogP contribution is 2.23. The molecule has 15 heavy (non-hydrogen) atoms. The fraction of sp³-hybridized carbons (Fsp3) is 0.667. The zero-order valence-corrected chi connectivity index (χ0v) is 10.9. The molecule has 0 saturated carbocycles. The molecule has 3 heteroatoms. The largest absolute Gasteiger partial charge is 0.241 e. The molecule has 0 N–H and O–H groups in total. The van der Waals surface area contributed by atoms with Crippen molar-refractivity contribution in [3.05, 3.63) is 23.3 Å². The summed E-state index contributed by atoms with van der Waals surface area (Å²) in [5.74, 6) is 0.904. The number of alkyl halides is 1. The molecule has 1 rings (SSSR count). The van der Waals surface area contributed by atoms with E-state index in [1.165, 1.54) is 0 Å². The van der Waals surface area contributed by atoms with Gasteiger partial charge in [-0.15, -0.1) is 11.6 Å². The molecule has 2 nitrogen and oxygen atoms in total. The van der Waals surface area contributed by atoms with Crippen molar-refractivity contribution in [2.75, 3.05) is 0 Å². The zero-order chi connectivity index (χ0) is 11.6. The molecule has 0 spiro atoms. The monoisotopic (exact) mass is 226 g/mol. The van der Waals surface area contributed by atoms with Gasteiger partial charge in [0.15, 0.2) is 0 Å². The summed E-state index contributed by atoms with van der Waals surface area (Å²) in [6.45, 7) is 10.5. The van der Waals surface area contributed by atoms with E-state index in [4.69, 9.17) is 11.6 Å². The molecule has 0 bridgehead atoms. The predicted octanol–water partition coefficient (Wildman–Crippen LogP) is 3.67. The van der Waals surface area contributed by atoms with Gasteiger partial charge in [-0.25, -0.2) is 9.97 Å². The fourth-order valence-electron chi connectivity index (χ4n) is 1.47. The molecular formula is C12H19ClN2. The Bertz CT molecular complexity index is 340. The normalized spacial score (nSPS) is 14.0. The van der Waals surface area contributed by atoms with Crippen molar-refractivity contribution in [3.63, 3.8) is 0 Å². The standard InChI is InChI=1S/C12H19ClN2/c1-8(13)10-7-14-11(15-9(10)2)6-12(3,4)5/h7-8H,6H2,1-5H3. The van der Waals surface area contributed by atoms with Crippen molar-refractivity contribution in [1.29, 1.82) is 0 Å². The van der Waals surface area contributed by atoms with Crippen molar-refractivity contribution in [2.24, 2.45) is 5.41 Å². The van der Waals surface area contributed by atoms with Gasteiger partial charge in [0.25, 0.3) is 0 Å².